The normalized spacial score (nSPS) is 27.4. The molecule has 2 saturated heterocycles. The van der Waals surface area contributed by atoms with Crippen molar-refractivity contribution in [2.75, 3.05) is 31.6 Å². The molecule has 0 aliphatic carbocycles. The van der Waals surface area contributed by atoms with Crippen molar-refractivity contribution in [2.24, 2.45) is 5.92 Å². The second-order valence-corrected chi connectivity index (χ2v) is 6.63. The minimum atomic E-state index is -0.0791. The van der Waals surface area contributed by atoms with Crippen molar-refractivity contribution >= 4 is 21.6 Å². The van der Waals surface area contributed by atoms with Gasteiger partial charge in [0.2, 0.25) is 0 Å². The van der Waals surface area contributed by atoms with Crippen LogP contribution < -0.4 is 4.90 Å². The Bertz CT molecular complexity index is 480. The third-order valence-electron chi connectivity index (χ3n) is 4.88. The first-order valence-electron chi connectivity index (χ1n) is 7.49. The Kier molecular flexibility index (Phi) is 4.32. The number of fused-ring (bicyclic) bond motifs is 1. The summed E-state index contributed by atoms with van der Waals surface area (Å²) in [5.74, 6) is 0.606. The van der Waals surface area contributed by atoms with Crippen molar-refractivity contribution < 1.29 is 4.39 Å². The van der Waals surface area contributed by atoms with Crippen molar-refractivity contribution in [2.45, 2.75) is 30.6 Å². The first kappa shape index (κ1) is 14.3. The Labute approximate surface area is 129 Å². The summed E-state index contributed by atoms with van der Waals surface area (Å²) in [7, 11) is 2.24. The number of likely N-dealkylation sites (tertiary alicyclic amines) is 1. The standard InChI is InChI=1S/C16H22BrFN2/c1-19-8-3-5-13-11-20(9-7-15(13)19)16-12(10-17)4-2-6-14(16)18/h2,4,6,13,15H,3,5,7-11H2,1H3. The van der Waals surface area contributed by atoms with Crippen LogP contribution in [0.1, 0.15) is 24.8 Å². The Morgan fingerprint density at radius 3 is 2.95 bits per heavy atom. The molecule has 2 fully saturated rings. The van der Waals surface area contributed by atoms with Gasteiger partial charge in [0, 0.05) is 24.5 Å². The van der Waals surface area contributed by atoms with Gasteiger partial charge in [0.15, 0.2) is 0 Å². The highest BCUT2D eigenvalue weighted by atomic mass is 79.9. The van der Waals surface area contributed by atoms with Crippen molar-refractivity contribution in [1.29, 1.82) is 0 Å². The summed E-state index contributed by atoms with van der Waals surface area (Å²) >= 11 is 3.49. The van der Waals surface area contributed by atoms with E-state index in [4.69, 9.17) is 0 Å². The number of halogens is 2. The maximum atomic E-state index is 14.2. The molecule has 3 rings (SSSR count). The molecule has 4 heteroatoms. The molecule has 0 aromatic heterocycles. The van der Waals surface area contributed by atoms with Gasteiger partial charge in [0.25, 0.3) is 0 Å². The molecule has 110 valence electrons. The molecule has 0 radical (unpaired) electrons. The predicted octanol–water partition coefficient (Wildman–Crippen LogP) is 3.64. The Morgan fingerprint density at radius 2 is 2.15 bits per heavy atom. The van der Waals surface area contributed by atoms with Crippen molar-refractivity contribution in [3.63, 3.8) is 0 Å². The quantitative estimate of drug-likeness (QED) is 0.758. The van der Waals surface area contributed by atoms with E-state index in [1.165, 1.54) is 19.4 Å². The predicted molar refractivity (Wildman–Crippen MR) is 85.0 cm³/mol. The molecule has 1 aromatic rings. The maximum absolute atomic E-state index is 14.2. The van der Waals surface area contributed by atoms with Crippen LogP contribution in [0.3, 0.4) is 0 Å². The summed E-state index contributed by atoms with van der Waals surface area (Å²) < 4.78 is 14.2. The van der Waals surface area contributed by atoms with Gasteiger partial charge in [-0.2, -0.15) is 0 Å². The molecule has 1 aromatic carbocycles. The summed E-state index contributed by atoms with van der Waals surface area (Å²) in [5, 5.41) is 0.713. The lowest BCUT2D eigenvalue weighted by molar-refractivity contribution is 0.102. The van der Waals surface area contributed by atoms with Gasteiger partial charge in [-0.1, -0.05) is 28.1 Å². The number of alkyl halides is 1. The molecular weight excluding hydrogens is 319 g/mol. The molecule has 2 aliphatic heterocycles. The molecule has 0 amide bonds. The average molecular weight is 341 g/mol. The Hall–Kier alpha value is -0.610. The molecule has 2 heterocycles. The van der Waals surface area contributed by atoms with Crippen LogP contribution in [-0.4, -0.2) is 37.6 Å². The van der Waals surface area contributed by atoms with Crippen LogP contribution in [0, 0.1) is 11.7 Å². The van der Waals surface area contributed by atoms with Crippen LogP contribution >= 0.6 is 15.9 Å². The number of nitrogens with zero attached hydrogens (tertiary/aromatic N) is 2. The zero-order valence-corrected chi connectivity index (χ0v) is 13.6. The molecular formula is C16H22BrFN2. The lowest BCUT2D eigenvalue weighted by Crippen LogP contribution is -2.53. The zero-order valence-electron chi connectivity index (χ0n) is 12.0. The number of rotatable bonds is 2. The van der Waals surface area contributed by atoms with E-state index >= 15 is 0 Å². The minimum Gasteiger partial charge on any atom is -0.369 e. The fraction of sp³-hybridized carbons (Fsp3) is 0.625. The molecule has 2 nitrogen and oxygen atoms in total. The molecule has 0 saturated carbocycles. The largest absolute Gasteiger partial charge is 0.369 e. The van der Waals surface area contributed by atoms with E-state index in [9.17, 15) is 4.39 Å². The second-order valence-electron chi connectivity index (χ2n) is 6.07. The maximum Gasteiger partial charge on any atom is 0.146 e. The number of benzene rings is 1. The van der Waals surface area contributed by atoms with Crippen LogP contribution in [-0.2, 0) is 5.33 Å². The highest BCUT2D eigenvalue weighted by Gasteiger charge is 2.35. The highest BCUT2D eigenvalue weighted by Crippen LogP contribution is 2.34. The Morgan fingerprint density at radius 1 is 1.30 bits per heavy atom. The Balaban J connectivity index is 1.83. The van der Waals surface area contributed by atoms with Crippen LogP contribution in [0.2, 0.25) is 0 Å². The van der Waals surface area contributed by atoms with Crippen molar-refractivity contribution in [3.05, 3.63) is 29.6 Å². The summed E-state index contributed by atoms with van der Waals surface area (Å²) in [6.45, 7) is 3.18. The number of anilines is 1. The summed E-state index contributed by atoms with van der Waals surface area (Å²) in [6.07, 6.45) is 3.70. The van der Waals surface area contributed by atoms with Crippen LogP contribution in [0.5, 0.6) is 0 Å². The van der Waals surface area contributed by atoms with E-state index in [1.54, 1.807) is 12.1 Å². The van der Waals surface area contributed by atoms with Gasteiger partial charge >= 0.3 is 0 Å². The molecule has 20 heavy (non-hydrogen) atoms. The summed E-state index contributed by atoms with van der Waals surface area (Å²) in [6, 6.07) is 6.10. The fourth-order valence-corrected chi connectivity index (χ4v) is 4.33. The number of para-hydroxylation sites is 1. The minimum absolute atomic E-state index is 0.0791. The van der Waals surface area contributed by atoms with E-state index in [-0.39, 0.29) is 5.82 Å². The fourth-order valence-electron chi connectivity index (χ4n) is 3.88. The zero-order chi connectivity index (χ0) is 14.1. The summed E-state index contributed by atoms with van der Waals surface area (Å²) in [4.78, 5) is 4.77. The van der Waals surface area contributed by atoms with E-state index in [0.29, 0.717) is 17.3 Å². The molecule has 0 N–H and O–H groups in total. The number of piperidine rings is 2. The van der Waals surface area contributed by atoms with Crippen LogP contribution in [0.4, 0.5) is 10.1 Å². The third kappa shape index (κ3) is 2.60. The van der Waals surface area contributed by atoms with Gasteiger partial charge in [-0.3, -0.25) is 0 Å². The van der Waals surface area contributed by atoms with E-state index < -0.39 is 0 Å². The smallest absolute Gasteiger partial charge is 0.146 e. The first-order valence-corrected chi connectivity index (χ1v) is 8.61. The number of hydrogen-bond acceptors (Lipinski definition) is 2. The van der Waals surface area contributed by atoms with Gasteiger partial charge < -0.3 is 9.80 Å². The van der Waals surface area contributed by atoms with Crippen LogP contribution in [0.25, 0.3) is 0 Å². The van der Waals surface area contributed by atoms with Crippen LogP contribution in [0.15, 0.2) is 18.2 Å². The second kappa shape index (κ2) is 6.02. The SMILES string of the molecule is CN1CCCC2CN(c3c(F)cccc3CBr)CCC21. The molecule has 2 atom stereocenters. The van der Waals surface area contributed by atoms with E-state index in [0.717, 1.165) is 30.8 Å². The van der Waals surface area contributed by atoms with Crippen molar-refractivity contribution in [3.8, 4) is 0 Å². The van der Waals surface area contributed by atoms with Gasteiger partial charge in [-0.25, -0.2) is 4.39 Å². The molecule has 2 unspecified atom stereocenters. The van der Waals surface area contributed by atoms with Gasteiger partial charge in [-0.15, -0.1) is 0 Å². The lowest BCUT2D eigenvalue weighted by atomic mass is 9.84. The topological polar surface area (TPSA) is 6.48 Å². The van der Waals surface area contributed by atoms with Gasteiger partial charge in [0.1, 0.15) is 5.82 Å². The molecule has 2 aliphatic rings. The monoisotopic (exact) mass is 340 g/mol. The lowest BCUT2D eigenvalue weighted by Gasteiger charge is -2.47. The molecule has 0 bridgehead atoms. The highest BCUT2D eigenvalue weighted by molar-refractivity contribution is 9.08. The first-order chi connectivity index (χ1) is 9.70. The van der Waals surface area contributed by atoms with Gasteiger partial charge in [0.05, 0.1) is 5.69 Å². The molecule has 0 spiro atoms. The van der Waals surface area contributed by atoms with E-state index in [2.05, 4.69) is 32.8 Å². The number of hydrogen-bond donors (Lipinski definition) is 0. The summed E-state index contributed by atoms with van der Waals surface area (Å²) in [5.41, 5.74) is 1.88. The van der Waals surface area contributed by atoms with Gasteiger partial charge in [-0.05, 0) is 50.4 Å². The van der Waals surface area contributed by atoms with E-state index in [1.807, 2.05) is 6.07 Å². The third-order valence-corrected chi connectivity index (χ3v) is 5.48. The average Bonchev–Trinajstić information content (AvgIpc) is 2.47. The van der Waals surface area contributed by atoms with Crippen molar-refractivity contribution in [1.82, 2.24) is 4.90 Å².